The van der Waals surface area contributed by atoms with Gasteiger partial charge in [0.1, 0.15) is 5.75 Å². The van der Waals surface area contributed by atoms with Crippen molar-refractivity contribution in [2.45, 2.75) is 25.7 Å². The molecule has 0 aliphatic carbocycles. The van der Waals surface area contributed by atoms with Crippen LogP contribution in [0.15, 0.2) is 67.1 Å². The lowest BCUT2D eigenvalue weighted by atomic mass is 9.89. The van der Waals surface area contributed by atoms with Crippen LogP contribution in [0.4, 0.5) is 5.69 Å². The Morgan fingerprint density at radius 1 is 1.09 bits per heavy atom. The number of aryl methyl sites for hydroxylation is 1. The molecule has 7 heteroatoms. The molecule has 5 rings (SSSR count). The third kappa shape index (κ3) is 4.49. The van der Waals surface area contributed by atoms with E-state index in [0.29, 0.717) is 35.8 Å². The molecule has 7 nitrogen and oxygen atoms in total. The summed E-state index contributed by atoms with van der Waals surface area (Å²) in [5, 5.41) is 4.12. The first-order valence-electron chi connectivity index (χ1n) is 11.8. The van der Waals surface area contributed by atoms with Crippen LogP contribution in [0.2, 0.25) is 0 Å². The van der Waals surface area contributed by atoms with Crippen LogP contribution in [0.1, 0.15) is 50.6 Å². The van der Waals surface area contributed by atoms with Crippen LogP contribution < -0.4 is 10.1 Å². The molecular formula is C28H28N4O3. The fraction of sp³-hybridized carbons (Fsp3) is 0.250. The number of rotatable bonds is 5. The number of hydrogen-bond donors (Lipinski definition) is 2. The van der Waals surface area contributed by atoms with Crippen LogP contribution in [-0.2, 0) is 0 Å². The fourth-order valence-electron chi connectivity index (χ4n) is 4.85. The Morgan fingerprint density at radius 2 is 1.86 bits per heavy atom. The third-order valence-corrected chi connectivity index (χ3v) is 6.83. The summed E-state index contributed by atoms with van der Waals surface area (Å²) in [6, 6.07) is 14.9. The first kappa shape index (κ1) is 22.7. The van der Waals surface area contributed by atoms with Crippen LogP contribution in [0.5, 0.6) is 5.75 Å². The number of methoxy groups -OCH3 is 1. The number of nitrogens with zero attached hydrogens (tertiary/aromatic N) is 2. The number of fused-ring (bicyclic) bond motifs is 1. The Bertz CT molecular complexity index is 1370. The monoisotopic (exact) mass is 468 g/mol. The van der Waals surface area contributed by atoms with Crippen LogP contribution >= 0.6 is 0 Å². The van der Waals surface area contributed by atoms with Gasteiger partial charge < -0.3 is 19.9 Å². The van der Waals surface area contributed by atoms with Gasteiger partial charge in [0.05, 0.1) is 18.4 Å². The van der Waals surface area contributed by atoms with Gasteiger partial charge in [0.25, 0.3) is 11.8 Å². The Kier molecular flexibility index (Phi) is 6.23. The number of piperidine rings is 1. The topological polar surface area (TPSA) is 87.3 Å². The molecular weight excluding hydrogens is 440 g/mol. The smallest absolute Gasteiger partial charge is 0.255 e. The number of carbonyl (C=O) groups excluding carboxylic acids is 2. The van der Waals surface area contributed by atoms with Crippen molar-refractivity contribution < 1.29 is 14.3 Å². The molecule has 0 atom stereocenters. The van der Waals surface area contributed by atoms with Gasteiger partial charge in [0, 0.05) is 48.1 Å². The van der Waals surface area contributed by atoms with E-state index in [1.807, 2.05) is 36.1 Å². The zero-order chi connectivity index (χ0) is 24.4. The molecule has 3 heterocycles. The number of likely N-dealkylation sites (tertiary alicyclic amines) is 1. The quantitative estimate of drug-likeness (QED) is 0.424. The average Bonchev–Trinajstić information content (AvgIpc) is 3.33. The highest BCUT2D eigenvalue weighted by Gasteiger charge is 2.28. The number of benzene rings is 2. The molecule has 178 valence electrons. The number of carbonyl (C=O) groups is 2. The second-order valence-electron chi connectivity index (χ2n) is 8.91. The molecule has 2 aromatic heterocycles. The summed E-state index contributed by atoms with van der Waals surface area (Å²) in [7, 11) is 1.68. The number of H-pyrrole nitrogens is 1. The van der Waals surface area contributed by atoms with E-state index in [9.17, 15) is 9.59 Å². The minimum absolute atomic E-state index is 0.0576. The summed E-state index contributed by atoms with van der Waals surface area (Å²) in [6.07, 6.45) is 6.99. The number of anilines is 1. The first-order chi connectivity index (χ1) is 17.0. The number of para-hydroxylation sites is 1. The van der Waals surface area contributed by atoms with E-state index in [-0.39, 0.29) is 11.8 Å². The summed E-state index contributed by atoms with van der Waals surface area (Å²) < 4.78 is 5.41. The molecule has 2 N–H and O–H groups in total. The highest BCUT2D eigenvalue weighted by atomic mass is 16.5. The maximum atomic E-state index is 13.5. The Morgan fingerprint density at radius 3 is 2.60 bits per heavy atom. The molecule has 0 spiro atoms. The Hall–Kier alpha value is -4.13. The lowest BCUT2D eigenvalue weighted by Crippen LogP contribution is -2.38. The molecule has 0 saturated carbocycles. The number of aromatic nitrogens is 2. The number of aromatic amines is 1. The van der Waals surface area contributed by atoms with Crippen LogP contribution in [0.3, 0.4) is 0 Å². The van der Waals surface area contributed by atoms with Gasteiger partial charge in [-0.1, -0.05) is 12.1 Å². The van der Waals surface area contributed by atoms with E-state index in [4.69, 9.17) is 4.74 Å². The van der Waals surface area contributed by atoms with Crippen molar-refractivity contribution in [3.63, 3.8) is 0 Å². The molecule has 0 bridgehead atoms. The van der Waals surface area contributed by atoms with Gasteiger partial charge >= 0.3 is 0 Å². The van der Waals surface area contributed by atoms with E-state index < -0.39 is 0 Å². The Balaban J connectivity index is 1.32. The lowest BCUT2D eigenvalue weighted by molar-refractivity contribution is 0.0714. The molecule has 4 aromatic rings. The Labute approximate surface area is 204 Å². The van der Waals surface area contributed by atoms with E-state index in [2.05, 4.69) is 27.5 Å². The van der Waals surface area contributed by atoms with Gasteiger partial charge in [-0.2, -0.15) is 0 Å². The summed E-state index contributed by atoms with van der Waals surface area (Å²) >= 11 is 0. The second kappa shape index (κ2) is 9.62. The maximum absolute atomic E-state index is 13.5. The average molecular weight is 469 g/mol. The number of amides is 2. The summed E-state index contributed by atoms with van der Waals surface area (Å²) in [5.41, 5.74) is 4.78. The van der Waals surface area contributed by atoms with Crippen molar-refractivity contribution >= 4 is 28.4 Å². The largest absolute Gasteiger partial charge is 0.497 e. The minimum atomic E-state index is -0.260. The zero-order valence-electron chi connectivity index (χ0n) is 19.9. The highest BCUT2D eigenvalue weighted by molar-refractivity contribution is 6.09. The van der Waals surface area contributed by atoms with Gasteiger partial charge in [-0.3, -0.25) is 14.6 Å². The van der Waals surface area contributed by atoms with E-state index in [0.717, 1.165) is 29.7 Å². The summed E-state index contributed by atoms with van der Waals surface area (Å²) in [5.74, 6) is 0.886. The normalized spacial score (nSPS) is 14.2. The molecule has 1 aliphatic heterocycles. The number of hydrogen-bond acceptors (Lipinski definition) is 4. The van der Waals surface area contributed by atoms with Gasteiger partial charge in [-0.25, -0.2) is 0 Å². The molecule has 1 fully saturated rings. The SMILES string of the molecule is COc1ccc2[nH]cc(C3CCN(C(=O)c4cccc(C)c4NC(=O)c4ccncc4)CC3)c2c1. The second-order valence-corrected chi connectivity index (χ2v) is 8.91. The highest BCUT2D eigenvalue weighted by Crippen LogP contribution is 2.35. The van der Waals surface area contributed by atoms with Gasteiger partial charge in [0.15, 0.2) is 0 Å². The maximum Gasteiger partial charge on any atom is 0.255 e. The van der Waals surface area contributed by atoms with Crippen molar-refractivity contribution in [2.24, 2.45) is 0 Å². The number of nitrogens with one attached hydrogen (secondary N) is 2. The molecule has 1 saturated heterocycles. The van der Waals surface area contributed by atoms with Crippen LogP contribution in [0.25, 0.3) is 10.9 Å². The molecule has 0 radical (unpaired) electrons. The van der Waals surface area contributed by atoms with E-state index in [1.54, 1.807) is 37.7 Å². The molecule has 0 unspecified atom stereocenters. The number of pyridine rings is 1. The molecule has 1 aliphatic rings. The predicted molar refractivity (Wildman–Crippen MR) is 136 cm³/mol. The van der Waals surface area contributed by atoms with Crippen molar-refractivity contribution in [1.82, 2.24) is 14.9 Å². The number of ether oxygens (including phenoxy) is 1. The van der Waals surface area contributed by atoms with Crippen LogP contribution in [0, 0.1) is 6.92 Å². The zero-order valence-corrected chi connectivity index (χ0v) is 19.9. The first-order valence-corrected chi connectivity index (χ1v) is 11.8. The van der Waals surface area contributed by atoms with Crippen molar-refractivity contribution in [3.8, 4) is 5.75 Å². The van der Waals surface area contributed by atoms with E-state index in [1.165, 1.54) is 10.9 Å². The summed E-state index contributed by atoms with van der Waals surface area (Å²) in [4.78, 5) is 35.5. The van der Waals surface area contributed by atoms with Crippen molar-refractivity contribution in [2.75, 3.05) is 25.5 Å². The van der Waals surface area contributed by atoms with Crippen molar-refractivity contribution in [3.05, 3.63) is 89.4 Å². The molecule has 2 aromatic carbocycles. The van der Waals surface area contributed by atoms with Crippen molar-refractivity contribution in [1.29, 1.82) is 0 Å². The van der Waals surface area contributed by atoms with E-state index >= 15 is 0 Å². The fourth-order valence-corrected chi connectivity index (χ4v) is 4.85. The molecule has 35 heavy (non-hydrogen) atoms. The van der Waals surface area contributed by atoms with Crippen LogP contribution in [-0.4, -0.2) is 46.9 Å². The lowest BCUT2D eigenvalue weighted by Gasteiger charge is -2.32. The van der Waals surface area contributed by atoms with Gasteiger partial charge in [0.2, 0.25) is 0 Å². The third-order valence-electron chi connectivity index (χ3n) is 6.83. The summed E-state index contributed by atoms with van der Waals surface area (Å²) in [6.45, 7) is 3.22. The predicted octanol–water partition coefficient (Wildman–Crippen LogP) is 5.15. The van der Waals surface area contributed by atoms with Gasteiger partial charge in [-0.05, 0) is 73.2 Å². The van der Waals surface area contributed by atoms with Gasteiger partial charge in [-0.15, -0.1) is 0 Å². The minimum Gasteiger partial charge on any atom is -0.497 e. The standard InChI is InChI=1S/C28H28N4O3/c1-18-4-3-5-22(26(18)31-27(33)20-8-12-29-13-9-20)28(34)32-14-10-19(11-15-32)24-17-30-25-7-6-21(35-2)16-23(24)25/h3-9,12-13,16-17,19,30H,10-11,14-15H2,1-2H3,(H,31,33). The molecule has 2 amide bonds.